The van der Waals surface area contributed by atoms with Crippen molar-refractivity contribution in [1.82, 2.24) is 39.0 Å². The summed E-state index contributed by atoms with van der Waals surface area (Å²) in [5.41, 5.74) is 15.9. The van der Waals surface area contributed by atoms with Crippen LogP contribution in [-0.4, -0.2) is 105 Å². The summed E-state index contributed by atoms with van der Waals surface area (Å²) >= 11 is 5.34. The summed E-state index contributed by atoms with van der Waals surface area (Å²) in [4.78, 5) is 46.5. The van der Waals surface area contributed by atoms with Gasteiger partial charge in [-0.05, 0) is 22.6 Å². The highest BCUT2D eigenvalue weighted by molar-refractivity contribution is 8.48. The van der Waals surface area contributed by atoms with E-state index in [9.17, 15) is 19.4 Å². The zero-order valence-corrected chi connectivity index (χ0v) is 27.0. The van der Waals surface area contributed by atoms with Crippen LogP contribution in [0.4, 0.5) is 11.8 Å². The van der Waals surface area contributed by atoms with Crippen LogP contribution in [0.15, 0.2) is 23.8 Å². The van der Waals surface area contributed by atoms with Crippen molar-refractivity contribution in [2.75, 3.05) is 31.3 Å². The van der Waals surface area contributed by atoms with E-state index in [1.54, 1.807) is 0 Å². The molecule has 250 valence electrons. The van der Waals surface area contributed by atoms with Crippen molar-refractivity contribution < 1.29 is 46.9 Å². The second-order valence-electron chi connectivity index (χ2n) is 10.9. The first-order valence-corrected chi connectivity index (χ1v) is 19.3. The molecule has 8 heterocycles. The smallest absolute Gasteiger partial charge is 0.386 e. The average Bonchev–Trinajstić information content (AvgIpc) is 3.84. The highest BCUT2D eigenvalue weighted by Gasteiger charge is 2.66. The Morgan fingerprint density at radius 2 is 1.83 bits per heavy atom. The molecule has 0 spiro atoms. The van der Waals surface area contributed by atoms with E-state index < -0.39 is 80.9 Å². The van der Waals surface area contributed by atoms with Crippen LogP contribution in [0.3, 0.4) is 0 Å². The van der Waals surface area contributed by atoms with E-state index in [1.165, 1.54) is 28.1 Å². The minimum absolute atomic E-state index is 0.0204. The van der Waals surface area contributed by atoms with Gasteiger partial charge in [0.2, 0.25) is 5.95 Å². The van der Waals surface area contributed by atoms with Gasteiger partial charge in [-0.15, -0.1) is 0 Å². The SMILES string of the molecule is C#S[P@]1(=O)OC[C@H]2O[C@@H](n3cnc4c(N)ncnc43)[C@H](O)[C@@H]2OP(O)(=S)OC[C@@]23CO[C@@H]([C@H](n4cnc5c(=O)[nH]c(N)nc54)O2)[C@@H]3O1. The quantitative estimate of drug-likeness (QED) is 0.163. The molecule has 7 N–H and O–H groups in total. The van der Waals surface area contributed by atoms with E-state index in [-0.39, 0.29) is 40.7 Å². The lowest BCUT2D eigenvalue weighted by Crippen LogP contribution is -2.46. The number of rotatable bonds is 2. The maximum atomic E-state index is 14.0. The number of imidazole rings is 2. The van der Waals surface area contributed by atoms with Gasteiger partial charge in [0, 0.05) is 0 Å². The fourth-order valence-corrected chi connectivity index (χ4v) is 9.39. The first kappa shape index (κ1) is 31.3. The van der Waals surface area contributed by atoms with Gasteiger partial charge in [-0.3, -0.25) is 32.5 Å². The van der Waals surface area contributed by atoms with Crippen LogP contribution in [0.2, 0.25) is 0 Å². The van der Waals surface area contributed by atoms with Crippen LogP contribution in [0.1, 0.15) is 12.5 Å². The zero-order valence-electron chi connectivity index (χ0n) is 23.5. The van der Waals surface area contributed by atoms with E-state index >= 15 is 0 Å². The van der Waals surface area contributed by atoms with Gasteiger partial charge in [-0.2, -0.15) is 4.98 Å². The number of ether oxygens (including phenoxy) is 3. The number of aliphatic hydroxyl groups is 1. The number of nitrogens with two attached hydrogens (primary N) is 2. The van der Waals surface area contributed by atoms with Gasteiger partial charge in [0.05, 0.1) is 32.5 Å². The predicted octanol–water partition coefficient (Wildman–Crippen LogP) is -0.487. The van der Waals surface area contributed by atoms with Crippen LogP contribution < -0.4 is 17.0 Å². The van der Waals surface area contributed by atoms with E-state index in [4.69, 9.17) is 61.3 Å². The van der Waals surface area contributed by atoms with Crippen LogP contribution in [0.5, 0.6) is 0 Å². The molecule has 4 aromatic heterocycles. The van der Waals surface area contributed by atoms with Gasteiger partial charge >= 0.3 is 13.5 Å². The Morgan fingerprint density at radius 1 is 1.06 bits per heavy atom. The van der Waals surface area contributed by atoms with Crippen molar-refractivity contribution in [2.45, 2.75) is 48.6 Å². The number of anilines is 2. The lowest BCUT2D eigenvalue weighted by Gasteiger charge is -2.34. The molecule has 4 aromatic rings. The van der Waals surface area contributed by atoms with Crippen LogP contribution in [-0.2, 0) is 48.7 Å². The minimum Gasteiger partial charge on any atom is -0.386 e. The molecule has 25 heteroatoms. The average molecular weight is 731 g/mol. The maximum absolute atomic E-state index is 14.0. The van der Waals surface area contributed by atoms with Gasteiger partial charge in [0.15, 0.2) is 35.1 Å². The standard InChI is InChI=1S/C22H24N10O11P2S2/c1-47-45(36)38-2-8-12(11(33)19(40-8)31-6-27-9-15(23)25-5-26-16(9)31)42-44(35,46)39-4-22-3-37-13(14(22)43-45)20(41-22)32-7-28-10-17(32)29-21(24)30-18(10)34/h1,5-8,11-14,19-20,33H,2-4H2,(H,35,46)(H2,23,25,26)(H3,24,29,30,34)/t8-,11-,12-,13-,14+,19-,20-,22-,44?,45-/m1/s1. The molecule has 0 amide bonds. The molecule has 8 rings (SSSR count). The van der Waals surface area contributed by atoms with Gasteiger partial charge in [0.25, 0.3) is 5.56 Å². The van der Waals surface area contributed by atoms with Gasteiger partial charge < -0.3 is 40.2 Å². The minimum atomic E-state index is -4.24. The Morgan fingerprint density at radius 3 is 2.62 bits per heavy atom. The predicted molar refractivity (Wildman–Crippen MR) is 163 cm³/mol. The summed E-state index contributed by atoms with van der Waals surface area (Å²) in [6, 6.07) is 0. The zero-order chi connectivity index (χ0) is 32.9. The number of hydrogen-bond acceptors (Lipinski definition) is 18. The highest BCUT2D eigenvalue weighted by atomic mass is 32.7. The van der Waals surface area contributed by atoms with Crippen molar-refractivity contribution in [2.24, 2.45) is 0 Å². The van der Waals surface area contributed by atoms with E-state index in [2.05, 4.69) is 29.9 Å². The third kappa shape index (κ3) is 5.03. The van der Waals surface area contributed by atoms with E-state index in [0.717, 1.165) is 0 Å². The van der Waals surface area contributed by atoms with E-state index in [1.807, 2.05) is 0 Å². The topological polar surface area (TPSA) is 281 Å². The third-order valence-electron chi connectivity index (χ3n) is 8.16. The molecule has 0 aliphatic carbocycles. The second kappa shape index (κ2) is 11.0. The number of aliphatic hydroxyl groups excluding tert-OH is 1. The van der Waals surface area contributed by atoms with Gasteiger partial charge in [-0.1, -0.05) is 5.69 Å². The number of aromatic amines is 1. The van der Waals surface area contributed by atoms with Crippen molar-refractivity contribution >= 4 is 70.2 Å². The molecule has 21 nitrogen and oxygen atoms in total. The molecule has 10 atom stereocenters. The van der Waals surface area contributed by atoms with E-state index in [0.29, 0.717) is 10.8 Å². The second-order valence-corrected chi connectivity index (χ2v) is 17.3. The molecule has 2 bridgehead atoms. The number of nitrogens with one attached hydrogen (secondary N) is 1. The van der Waals surface area contributed by atoms with Crippen LogP contribution in [0, 0.1) is 5.69 Å². The summed E-state index contributed by atoms with van der Waals surface area (Å²) in [6.45, 7) is -9.58. The largest absolute Gasteiger partial charge is 0.418 e. The Hall–Kier alpha value is -2.98. The summed E-state index contributed by atoms with van der Waals surface area (Å²) in [5, 5.41) is 11.4. The third-order valence-corrected chi connectivity index (χ3v) is 12.3. The monoisotopic (exact) mass is 730 g/mol. The lowest BCUT2D eigenvalue weighted by molar-refractivity contribution is -0.183. The normalized spacial score (nSPS) is 39.0. The number of nitrogens with zero attached hydrogens (tertiary/aromatic N) is 7. The summed E-state index contributed by atoms with van der Waals surface area (Å²) in [7, 11) is 0.316. The number of H-pyrrole nitrogens is 1. The van der Waals surface area contributed by atoms with Gasteiger partial charge in [-0.25, -0.2) is 24.5 Å². The first-order valence-electron chi connectivity index (χ1n) is 13.7. The Labute approximate surface area is 270 Å². The van der Waals surface area contributed by atoms with Crippen LogP contribution in [0.25, 0.3) is 22.3 Å². The molecule has 47 heavy (non-hydrogen) atoms. The van der Waals surface area contributed by atoms with Crippen molar-refractivity contribution in [1.29, 1.82) is 0 Å². The summed E-state index contributed by atoms with van der Waals surface area (Å²) in [6.07, 6.45) is -4.61. The summed E-state index contributed by atoms with van der Waals surface area (Å²) in [5.74, 6) is -0.0588. The van der Waals surface area contributed by atoms with Crippen molar-refractivity contribution in [3.8, 4) is 5.69 Å². The maximum Gasteiger partial charge on any atom is 0.418 e. The molecule has 0 radical (unpaired) electrons. The Bertz CT molecular complexity index is 2130. The molecule has 4 aliphatic heterocycles. The Balaban J connectivity index is 1.12. The van der Waals surface area contributed by atoms with Crippen LogP contribution >= 0.6 is 24.3 Å². The molecule has 0 aromatic carbocycles. The molecule has 4 fully saturated rings. The molecule has 0 saturated carbocycles. The highest BCUT2D eigenvalue weighted by Crippen LogP contribution is 2.62. The number of nitrogen functional groups attached to an aromatic ring is 2. The fourth-order valence-electron chi connectivity index (χ4n) is 6.04. The number of fused-ring (bicyclic) bond motifs is 3. The first-order chi connectivity index (χ1) is 22.4. The lowest BCUT2D eigenvalue weighted by atomic mass is 10.0. The number of hydrogen-bond donors (Lipinski definition) is 5. The molecular weight excluding hydrogens is 706 g/mol. The number of aromatic nitrogens is 8. The Kier molecular flexibility index (Phi) is 7.34. The fraction of sp³-hybridized carbons (Fsp3) is 0.500. The molecule has 4 saturated heterocycles. The molecular formula is C22H24N10O11P2S2. The summed E-state index contributed by atoms with van der Waals surface area (Å²) < 4.78 is 58.6. The van der Waals surface area contributed by atoms with Gasteiger partial charge in [0.1, 0.15) is 48.0 Å². The molecule has 1 unspecified atom stereocenters. The van der Waals surface area contributed by atoms with Crippen molar-refractivity contribution in [3.63, 3.8) is 0 Å². The molecule has 4 aliphatic rings. The van der Waals surface area contributed by atoms with Crippen molar-refractivity contribution in [3.05, 3.63) is 29.3 Å².